The van der Waals surface area contributed by atoms with Gasteiger partial charge in [-0.3, -0.25) is 0 Å². The first-order chi connectivity index (χ1) is 7.74. The largest absolute Gasteiger partial charge is 0.757 e. The van der Waals surface area contributed by atoms with E-state index in [1.54, 1.807) is 0 Å². The predicted molar refractivity (Wildman–Crippen MR) is 65.2 cm³/mol. The second-order valence-corrected chi connectivity index (χ2v) is 4.23. The Morgan fingerprint density at radius 3 is 3.06 bits per heavy atom. The van der Waals surface area contributed by atoms with Crippen LogP contribution in [0.4, 0.5) is 5.69 Å². The molecule has 0 amide bonds. The first-order valence-corrected chi connectivity index (χ1v) is 5.86. The number of fused-ring (bicyclic) bond motifs is 1. The molecule has 0 N–H and O–H groups in total. The van der Waals surface area contributed by atoms with E-state index in [1.807, 2.05) is 36.6 Å². The molecule has 5 heteroatoms. The van der Waals surface area contributed by atoms with Crippen molar-refractivity contribution in [3.8, 4) is 5.40 Å². The van der Waals surface area contributed by atoms with Crippen molar-refractivity contribution in [3.05, 3.63) is 35.0 Å². The Labute approximate surface area is 98.2 Å². The van der Waals surface area contributed by atoms with Gasteiger partial charge in [-0.15, -0.1) is 0 Å². The fourth-order valence-corrected chi connectivity index (χ4v) is 2.06. The lowest BCUT2D eigenvalue weighted by Crippen LogP contribution is -2.32. The van der Waals surface area contributed by atoms with Gasteiger partial charge in [-0.05, 0) is 30.3 Å². The minimum absolute atomic E-state index is 0.233. The summed E-state index contributed by atoms with van der Waals surface area (Å²) in [6.07, 6.45) is 0. The molecule has 0 saturated carbocycles. The fourth-order valence-electron chi connectivity index (χ4n) is 1.67. The van der Waals surface area contributed by atoms with E-state index in [1.165, 1.54) is 0 Å². The summed E-state index contributed by atoms with van der Waals surface area (Å²) < 4.78 is 0. The van der Waals surface area contributed by atoms with Gasteiger partial charge >= 0.3 is 0 Å². The van der Waals surface area contributed by atoms with Crippen molar-refractivity contribution >= 4 is 23.3 Å². The maximum Gasteiger partial charge on any atom is 0.133 e. The van der Waals surface area contributed by atoms with Crippen LogP contribution in [-0.4, -0.2) is 16.7 Å². The highest BCUT2D eigenvalue weighted by atomic mass is 32.2. The molecular weight excluding hydrogens is 222 g/mol. The molecule has 2 rings (SSSR count). The highest BCUT2D eigenvalue weighted by Gasteiger charge is 2.19. The first kappa shape index (κ1) is 11.0. The van der Waals surface area contributed by atoms with Gasteiger partial charge in [0.2, 0.25) is 0 Å². The van der Waals surface area contributed by atoms with E-state index in [2.05, 4.69) is 4.99 Å². The van der Waals surface area contributed by atoms with E-state index < -0.39 is 0 Å². The first-order valence-electron chi connectivity index (χ1n) is 4.87. The van der Waals surface area contributed by atoms with Crippen LogP contribution >= 0.6 is 11.8 Å². The molecule has 1 aromatic carbocycles. The predicted octanol–water partition coefficient (Wildman–Crippen LogP) is 2.81. The van der Waals surface area contributed by atoms with Gasteiger partial charge in [-0.1, -0.05) is 18.2 Å². The molecule has 16 heavy (non-hydrogen) atoms. The zero-order chi connectivity index (χ0) is 11.5. The van der Waals surface area contributed by atoms with Crippen LogP contribution in [0.25, 0.3) is 0 Å². The number of hydroxylamine groups is 2. The number of aliphatic imine (C=N–C) groups is 1. The average Bonchev–Trinajstić information content (AvgIpc) is 2.32. The van der Waals surface area contributed by atoms with Gasteiger partial charge in [0, 0.05) is 6.04 Å². The maximum absolute atomic E-state index is 11.9. The lowest BCUT2D eigenvalue weighted by Gasteiger charge is -2.41. The lowest BCUT2D eigenvalue weighted by atomic mass is 10.0. The molecule has 82 valence electrons. The number of hydrogen-bond donors (Lipinski definition) is 0. The Bertz CT molecular complexity index is 467. The van der Waals surface area contributed by atoms with E-state index in [0.29, 0.717) is 11.6 Å². The molecular formula is C11H10N3OS-. The zero-order valence-electron chi connectivity index (χ0n) is 8.75. The average molecular weight is 232 g/mol. The second-order valence-electron chi connectivity index (χ2n) is 3.47. The lowest BCUT2D eigenvalue weighted by molar-refractivity contribution is 0.437. The monoisotopic (exact) mass is 232 g/mol. The number of benzene rings is 1. The van der Waals surface area contributed by atoms with Gasteiger partial charge in [0.1, 0.15) is 11.2 Å². The summed E-state index contributed by atoms with van der Waals surface area (Å²) in [6.45, 7) is 1.84. The van der Waals surface area contributed by atoms with Crippen molar-refractivity contribution < 1.29 is 0 Å². The molecule has 1 heterocycles. The van der Waals surface area contributed by atoms with Gasteiger partial charge in [0.15, 0.2) is 0 Å². The topological polar surface area (TPSA) is 62.5 Å². The molecule has 0 spiro atoms. The third-order valence-electron chi connectivity index (χ3n) is 2.51. The summed E-state index contributed by atoms with van der Waals surface area (Å²) in [4.78, 5) is 4.27. The van der Waals surface area contributed by atoms with Crippen LogP contribution in [0.5, 0.6) is 0 Å². The Hall–Kier alpha value is -1.51. The number of para-hydroxylation sites is 1. The SMILES string of the molecule is CC1c2ccccc2N=C(CSC#N)N1[O-]. The number of thiocyanates is 1. The second kappa shape index (κ2) is 4.56. The maximum atomic E-state index is 11.9. The fraction of sp³-hybridized carbons (Fsp3) is 0.273. The molecule has 1 aliphatic heterocycles. The number of thioether (sulfide) groups is 1. The van der Waals surface area contributed by atoms with E-state index >= 15 is 0 Å². The van der Waals surface area contributed by atoms with Gasteiger partial charge in [-0.25, -0.2) is 4.99 Å². The van der Waals surface area contributed by atoms with Crippen LogP contribution in [0.1, 0.15) is 18.5 Å². The smallest absolute Gasteiger partial charge is 0.133 e. The van der Waals surface area contributed by atoms with Crippen molar-refractivity contribution in [2.75, 3.05) is 5.75 Å². The normalized spacial score (nSPS) is 18.7. The van der Waals surface area contributed by atoms with Crippen LogP contribution in [0.3, 0.4) is 0 Å². The number of rotatable bonds is 2. The Balaban J connectivity index is 2.36. The summed E-state index contributed by atoms with van der Waals surface area (Å²) in [5.74, 6) is 0.747. The summed E-state index contributed by atoms with van der Waals surface area (Å²) in [5.41, 5.74) is 1.76. The third kappa shape index (κ3) is 1.90. The molecule has 1 unspecified atom stereocenters. The molecule has 1 aliphatic rings. The highest BCUT2D eigenvalue weighted by molar-refractivity contribution is 8.04. The van der Waals surface area contributed by atoms with E-state index in [0.717, 1.165) is 28.1 Å². The minimum Gasteiger partial charge on any atom is -0.757 e. The van der Waals surface area contributed by atoms with Crippen LogP contribution in [0, 0.1) is 15.9 Å². The number of nitriles is 1. The summed E-state index contributed by atoms with van der Waals surface area (Å²) in [7, 11) is 0. The number of hydrogen-bond acceptors (Lipinski definition) is 5. The van der Waals surface area contributed by atoms with E-state index in [4.69, 9.17) is 5.26 Å². The Morgan fingerprint density at radius 2 is 2.31 bits per heavy atom. The van der Waals surface area contributed by atoms with Crippen molar-refractivity contribution in [3.63, 3.8) is 0 Å². The zero-order valence-corrected chi connectivity index (χ0v) is 9.57. The number of nitrogens with zero attached hydrogens (tertiary/aromatic N) is 3. The summed E-state index contributed by atoms with van der Waals surface area (Å²) in [6, 6.07) is 7.35. The Kier molecular flexibility index (Phi) is 3.13. The van der Waals surface area contributed by atoms with Crippen molar-refractivity contribution in [1.29, 1.82) is 5.26 Å². The van der Waals surface area contributed by atoms with Crippen LogP contribution < -0.4 is 0 Å². The van der Waals surface area contributed by atoms with Gasteiger partial charge < -0.3 is 10.3 Å². The molecule has 1 aromatic rings. The third-order valence-corrected chi connectivity index (χ3v) is 3.04. The van der Waals surface area contributed by atoms with E-state index in [-0.39, 0.29) is 6.04 Å². The van der Waals surface area contributed by atoms with Crippen molar-refractivity contribution in [2.45, 2.75) is 13.0 Å². The molecule has 0 saturated heterocycles. The van der Waals surface area contributed by atoms with Gasteiger partial charge in [0.05, 0.1) is 11.4 Å². The van der Waals surface area contributed by atoms with Crippen LogP contribution in [-0.2, 0) is 0 Å². The summed E-state index contributed by atoms with van der Waals surface area (Å²) >= 11 is 1.03. The molecule has 1 atom stereocenters. The molecule has 0 radical (unpaired) electrons. The van der Waals surface area contributed by atoms with Gasteiger partial charge in [-0.2, -0.15) is 5.26 Å². The van der Waals surface area contributed by atoms with Crippen LogP contribution in [0.15, 0.2) is 29.3 Å². The quantitative estimate of drug-likeness (QED) is 0.735. The number of amidine groups is 1. The standard InChI is InChI=1S/C11H10N3OS/c1-8-9-4-2-3-5-10(9)13-11(14(8)15)6-16-7-12/h2-5,8H,6H2,1H3/q-1. The molecule has 0 aliphatic carbocycles. The molecule has 0 fully saturated rings. The van der Waals surface area contributed by atoms with Crippen molar-refractivity contribution in [2.24, 2.45) is 4.99 Å². The molecule has 4 nitrogen and oxygen atoms in total. The van der Waals surface area contributed by atoms with E-state index in [9.17, 15) is 5.21 Å². The summed E-state index contributed by atoms with van der Waals surface area (Å²) in [5, 5.41) is 23.2. The van der Waals surface area contributed by atoms with Crippen molar-refractivity contribution in [1.82, 2.24) is 5.06 Å². The highest BCUT2D eigenvalue weighted by Crippen LogP contribution is 2.34. The van der Waals surface area contributed by atoms with Crippen LogP contribution in [0.2, 0.25) is 0 Å². The van der Waals surface area contributed by atoms with Gasteiger partial charge in [0.25, 0.3) is 0 Å². The minimum atomic E-state index is -0.233. The molecule has 0 bridgehead atoms. The Morgan fingerprint density at radius 1 is 1.56 bits per heavy atom. The molecule has 0 aromatic heterocycles.